The number of rotatable bonds is 5. The van der Waals surface area contributed by atoms with Crippen LogP contribution in [0.5, 0.6) is 5.88 Å². The van der Waals surface area contributed by atoms with Crippen LogP contribution >= 0.6 is 12.4 Å². The molecule has 0 radical (unpaired) electrons. The van der Waals surface area contributed by atoms with Gasteiger partial charge in [0.15, 0.2) is 0 Å². The lowest BCUT2D eigenvalue weighted by Crippen LogP contribution is -2.33. The van der Waals surface area contributed by atoms with Gasteiger partial charge in [-0.3, -0.25) is 4.79 Å². The van der Waals surface area contributed by atoms with Crippen molar-refractivity contribution in [3.8, 4) is 5.88 Å². The number of hydrogen-bond donors (Lipinski definition) is 2. The Morgan fingerprint density at radius 3 is 2.88 bits per heavy atom. The van der Waals surface area contributed by atoms with E-state index < -0.39 is 5.82 Å². The number of nitrogens with zero attached hydrogens (tertiary/aromatic N) is 1. The molecule has 8 heteroatoms. The standard InChI is InChI=1S/C18H20FN3O3.ClH/c1-2-24-17-6-3-12(10-21-17)18(23)22-13-4-5-14(15(19)9-13)16-11-20-7-8-25-16;/h3-6,9-10,16,20H,2,7-8,11H2,1H3,(H,22,23);1H. The number of nitrogens with one attached hydrogen (secondary N) is 2. The van der Waals surface area contributed by atoms with Crippen LogP contribution in [0.2, 0.25) is 0 Å². The fourth-order valence-electron chi connectivity index (χ4n) is 2.58. The Kier molecular flexibility index (Phi) is 7.32. The van der Waals surface area contributed by atoms with Gasteiger partial charge in [0.2, 0.25) is 5.88 Å². The van der Waals surface area contributed by atoms with Gasteiger partial charge in [0.1, 0.15) is 5.82 Å². The zero-order valence-electron chi connectivity index (χ0n) is 14.3. The van der Waals surface area contributed by atoms with Crippen molar-refractivity contribution in [1.29, 1.82) is 0 Å². The van der Waals surface area contributed by atoms with Crippen LogP contribution in [0.1, 0.15) is 28.9 Å². The Morgan fingerprint density at radius 1 is 1.42 bits per heavy atom. The molecule has 1 amide bonds. The van der Waals surface area contributed by atoms with Gasteiger partial charge in [-0.05, 0) is 25.1 Å². The van der Waals surface area contributed by atoms with E-state index in [-0.39, 0.29) is 24.4 Å². The van der Waals surface area contributed by atoms with Crippen LogP contribution in [0.4, 0.5) is 10.1 Å². The minimum atomic E-state index is -0.406. The van der Waals surface area contributed by atoms with Gasteiger partial charge in [-0.25, -0.2) is 9.37 Å². The maximum absolute atomic E-state index is 14.3. The van der Waals surface area contributed by atoms with Crippen molar-refractivity contribution in [1.82, 2.24) is 10.3 Å². The highest BCUT2D eigenvalue weighted by molar-refractivity contribution is 6.04. The molecule has 3 rings (SSSR count). The maximum Gasteiger partial charge on any atom is 0.257 e. The number of amides is 1. The number of ether oxygens (including phenoxy) is 2. The second kappa shape index (κ2) is 9.47. The first kappa shape index (κ1) is 20.1. The molecule has 1 aliphatic heterocycles. The molecule has 0 aliphatic carbocycles. The van der Waals surface area contributed by atoms with Crippen molar-refractivity contribution in [2.24, 2.45) is 0 Å². The van der Waals surface area contributed by atoms with Crippen LogP contribution in [-0.2, 0) is 4.74 Å². The Balaban J connectivity index is 0.00000243. The summed E-state index contributed by atoms with van der Waals surface area (Å²) in [6, 6.07) is 7.83. The maximum atomic E-state index is 14.3. The van der Waals surface area contributed by atoms with Crippen molar-refractivity contribution in [2.45, 2.75) is 13.0 Å². The van der Waals surface area contributed by atoms with Crippen molar-refractivity contribution in [3.63, 3.8) is 0 Å². The van der Waals surface area contributed by atoms with Gasteiger partial charge in [0, 0.05) is 36.6 Å². The van der Waals surface area contributed by atoms with Crippen LogP contribution in [0.3, 0.4) is 0 Å². The molecule has 1 aliphatic rings. The summed E-state index contributed by atoms with van der Waals surface area (Å²) in [7, 11) is 0. The van der Waals surface area contributed by atoms with Crippen LogP contribution in [-0.4, -0.2) is 37.2 Å². The van der Waals surface area contributed by atoms with E-state index in [1.54, 1.807) is 24.3 Å². The Labute approximate surface area is 157 Å². The number of anilines is 1. The highest BCUT2D eigenvalue weighted by atomic mass is 35.5. The highest BCUT2D eigenvalue weighted by Crippen LogP contribution is 2.24. The molecule has 0 saturated carbocycles. The molecule has 0 spiro atoms. The van der Waals surface area contributed by atoms with E-state index in [9.17, 15) is 9.18 Å². The molecule has 0 bridgehead atoms. The topological polar surface area (TPSA) is 72.5 Å². The minimum absolute atomic E-state index is 0. The molecule has 1 saturated heterocycles. The van der Waals surface area contributed by atoms with Crippen LogP contribution in [0, 0.1) is 5.82 Å². The van der Waals surface area contributed by atoms with Gasteiger partial charge >= 0.3 is 0 Å². The lowest BCUT2D eigenvalue weighted by Gasteiger charge is -2.24. The van der Waals surface area contributed by atoms with Gasteiger partial charge in [0.25, 0.3) is 5.91 Å². The SMILES string of the molecule is CCOc1ccc(C(=O)Nc2ccc(C3CNCCO3)c(F)c2)cn1.Cl. The van der Waals surface area contributed by atoms with Gasteiger partial charge in [-0.1, -0.05) is 6.07 Å². The molecule has 140 valence electrons. The zero-order chi connectivity index (χ0) is 17.6. The third-order valence-electron chi connectivity index (χ3n) is 3.82. The first-order chi connectivity index (χ1) is 12.2. The molecule has 2 aromatic rings. The zero-order valence-corrected chi connectivity index (χ0v) is 15.1. The monoisotopic (exact) mass is 381 g/mol. The highest BCUT2D eigenvalue weighted by Gasteiger charge is 2.19. The molecular formula is C18H21ClFN3O3. The van der Waals surface area contributed by atoms with Crippen LogP contribution in [0.15, 0.2) is 36.5 Å². The van der Waals surface area contributed by atoms with Gasteiger partial charge in [-0.15, -0.1) is 12.4 Å². The average molecular weight is 382 g/mol. The van der Waals surface area contributed by atoms with E-state index >= 15 is 0 Å². The molecule has 1 aromatic carbocycles. The largest absolute Gasteiger partial charge is 0.478 e. The van der Waals surface area contributed by atoms with Crippen molar-refractivity contribution >= 4 is 24.0 Å². The Morgan fingerprint density at radius 2 is 2.27 bits per heavy atom. The summed E-state index contributed by atoms with van der Waals surface area (Å²) in [6.45, 7) is 4.25. The van der Waals surface area contributed by atoms with Crippen molar-refractivity contribution in [3.05, 3.63) is 53.5 Å². The van der Waals surface area contributed by atoms with Gasteiger partial charge in [0.05, 0.1) is 24.9 Å². The number of pyridine rings is 1. The number of aromatic nitrogens is 1. The number of hydrogen-bond acceptors (Lipinski definition) is 5. The third-order valence-corrected chi connectivity index (χ3v) is 3.82. The van der Waals surface area contributed by atoms with E-state index in [2.05, 4.69) is 15.6 Å². The van der Waals surface area contributed by atoms with Gasteiger partial charge < -0.3 is 20.1 Å². The van der Waals surface area contributed by atoms with Crippen molar-refractivity contribution in [2.75, 3.05) is 31.6 Å². The summed E-state index contributed by atoms with van der Waals surface area (Å²) in [5.41, 5.74) is 1.23. The van der Waals surface area contributed by atoms with Crippen molar-refractivity contribution < 1.29 is 18.7 Å². The fourth-order valence-corrected chi connectivity index (χ4v) is 2.58. The molecule has 2 N–H and O–H groups in total. The van der Waals surface area contributed by atoms with E-state index in [0.29, 0.717) is 42.5 Å². The first-order valence-corrected chi connectivity index (χ1v) is 8.19. The fraction of sp³-hybridized carbons (Fsp3) is 0.333. The van der Waals surface area contributed by atoms with Crippen LogP contribution in [0.25, 0.3) is 0 Å². The number of benzene rings is 1. The smallest absolute Gasteiger partial charge is 0.257 e. The lowest BCUT2D eigenvalue weighted by molar-refractivity contribution is 0.0255. The summed E-state index contributed by atoms with van der Waals surface area (Å²) < 4.78 is 25.1. The molecule has 2 heterocycles. The van der Waals surface area contributed by atoms with E-state index in [0.717, 1.165) is 6.54 Å². The normalized spacial score (nSPS) is 16.5. The lowest BCUT2D eigenvalue weighted by atomic mass is 10.1. The molecule has 1 atom stereocenters. The minimum Gasteiger partial charge on any atom is -0.478 e. The number of morpholine rings is 1. The second-order valence-electron chi connectivity index (χ2n) is 5.57. The Bertz CT molecular complexity index is 737. The summed E-state index contributed by atoms with van der Waals surface area (Å²) in [5, 5.41) is 5.83. The summed E-state index contributed by atoms with van der Waals surface area (Å²) >= 11 is 0. The predicted octanol–water partition coefficient (Wildman–Crippen LogP) is 2.95. The summed E-state index contributed by atoms with van der Waals surface area (Å²) in [4.78, 5) is 16.3. The van der Waals surface area contributed by atoms with E-state index in [1.165, 1.54) is 12.3 Å². The summed E-state index contributed by atoms with van der Waals surface area (Å²) in [5.74, 6) is -0.315. The quantitative estimate of drug-likeness (QED) is 0.833. The molecule has 1 aromatic heterocycles. The summed E-state index contributed by atoms with van der Waals surface area (Å²) in [6.07, 6.45) is 1.11. The predicted molar refractivity (Wildman–Crippen MR) is 98.6 cm³/mol. The van der Waals surface area contributed by atoms with E-state index in [4.69, 9.17) is 9.47 Å². The van der Waals surface area contributed by atoms with Gasteiger partial charge in [-0.2, -0.15) is 0 Å². The third kappa shape index (κ3) is 4.91. The average Bonchev–Trinajstić information content (AvgIpc) is 2.63. The Hall–Kier alpha value is -2.22. The molecule has 6 nitrogen and oxygen atoms in total. The molecular weight excluding hydrogens is 361 g/mol. The number of halogens is 2. The number of carbonyl (C=O) groups excluding carboxylic acids is 1. The van der Waals surface area contributed by atoms with E-state index in [1.807, 2.05) is 6.92 Å². The molecule has 1 fully saturated rings. The molecule has 26 heavy (non-hydrogen) atoms. The number of carbonyl (C=O) groups is 1. The molecule has 1 unspecified atom stereocenters. The van der Waals surface area contributed by atoms with Crippen LogP contribution < -0.4 is 15.4 Å². The first-order valence-electron chi connectivity index (χ1n) is 8.19. The second-order valence-corrected chi connectivity index (χ2v) is 5.57.